The highest BCUT2D eigenvalue weighted by molar-refractivity contribution is 7.89. The summed E-state index contributed by atoms with van der Waals surface area (Å²) in [6.07, 6.45) is 11.9. The van der Waals surface area contributed by atoms with Crippen LogP contribution in [0.4, 0.5) is 13.2 Å². The number of nitrogens with two attached hydrogens (primary N) is 1. The minimum atomic E-state index is -3.78. The van der Waals surface area contributed by atoms with Gasteiger partial charge in [0.15, 0.2) is 12.6 Å². The van der Waals surface area contributed by atoms with Crippen molar-refractivity contribution < 1.29 is 83.2 Å². The molecule has 1 saturated carbocycles. The molecule has 0 aromatic rings. The molecule has 5 N–H and O–H groups in total. The molecule has 0 aromatic heterocycles. The molecular formula is C105H252F3N11O16S6. The number of ketones is 1. The number of hydrogen-bond donors (Lipinski definition) is 4. The standard InChI is InChI=1S/2C7H17NO2S.C7H15N.C6H16N2O2S.C6H15NO2S.C6H13NO.C5H11F2NO2S.C5H12FNO2S.C5H11NO.C5H13N.C5H10O2.C5H12.9C4H10/c1-6(2)8(7(3)4)11(5,9)10;1-5-6-8(7(2)3)11(4,9)10;1-6(2)8(3)7-4-5-7;1-4-5-8(6(2)3)11(7,9)10;1-5-7(6(2)3)10(4,8)9;1-5(2)4-6(8)7-3;1-4(2)8(5(6)7)11(3,9)10;1-5(2)7(4-6)10(3,8)9;1-4(2)6-5(3)7;1-5(2)6(3)4;1-4(2)5(7)3-6;1-4-5(2)3;9*1-4(2)3/h6-7H,1-5H3;7H,5-6H2,1-4H3;6-7H,4-5H2,1-3H3;6H,4-5H2,1-3H3,(H2,7,9,10);6H,5H2,1-4H3;5H,4H2,1-3H3,(H,7,8);4-5H,1-3H3;5H,4H2,1-3H3;4H,1-3H3,(H,6,7);5H,1-4H3;4,6H,3H2,1-2H3;5H,4H2,1-3H3;9*4H,1-3H3. The number of nitrogens with zero attached hydrogens (tertiary/aromatic N) is 8. The largest absolute Gasteiger partial charge is 0.389 e. The van der Waals surface area contributed by atoms with Crippen molar-refractivity contribution in [2.75, 3.05) is 92.5 Å². The van der Waals surface area contributed by atoms with E-state index in [1.54, 1.807) is 48.6 Å². The topological polar surface area (TPSA) is 352 Å². The zero-order chi connectivity index (χ0) is 119. The summed E-state index contributed by atoms with van der Waals surface area (Å²) in [4.78, 5) is 35.5. The van der Waals surface area contributed by atoms with Crippen LogP contribution in [0.5, 0.6) is 0 Å². The van der Waals surface area contributed by atoms with Gasteiger partial charge >= 0.3 is 6.55 Å². The first-order valence-corrected chi connectivity index (χ1v) is 62.5. The van der Waals surface area contributed by atoms with Crippen LogP contribution in [0, 0.1) is 71.0 Å². The molecule has 36 heteroatoms. The molecule has 0 bridgehead atoms. The number of aliphatic hydroxyl groups is 1. The first kappa shape index (κ1) is 187. The van der Waals surface area contributed by atoms with E-state index < -0.39 is 79.7 Å². The van der Waals surface area contributed by atoms with E-state index in [9.17, 15) is 78.1 Å². The monoisotopic (exact) mass is 2170 g/mol. The van der Waals surface area contributed by atoms with Crippen LogP contribution >= 0.6 is 0 Å². The molecule has 0 radical (unpaired) electrons. The number of halogens is 3. The van der Waals surface area contributed by atoms with Crippen molar-refractivity contribution >= 4 is 77.9 Å². The van der Waals surface area contributed by atoms with Crippen LogP contribution in [0.15, 0.2) is 0 Å². The maximum atomic E-state index is 12.0. The van der Waals surface area contributed by atoms with Crippen LogP contribution in [0.25, 0.3) is 0 Å². The van der Waals surface area contributed by atoms with Crippen molar-refractivity contribution in [1.82, 2.24) is 46.3 Å². The van der Waals surface area contributed by atoms with Crippen molar-refractivity contribution in [2.24, 2.45) is 76.2 Å². The van der Waals surface area contributed by atoms with E-state index in [0.717, 1.165) is 101 Å². The highest BCUT2D eigenvalue weighted by Gasteiger charge is 2.30. The summed E-state index contributed by atoms with van der Waals surface area (Å²) < 4.78 is 173. The van der Waals surface area contributed by atoms with Crippen LogP contribution in [-0.4, -0.2) is 274 Å². The Morgan fingerprint density at radius 2 is 0.589 bits per heavy atom. The third kappa shape index (κ3) is 215. The fourth-order valence-electron chi connectivity index (χ4n) is 7.60. The van der Waals surface area contributed by atoms with E-state index in [4.69, 9.17) is 10.2 Å². The van der Waals surface area contributed by atoms with E-state index in [2.05, 4.69) is 277 Å². The van der Waals surface area contributed by atoms with Gasteiger partial charge in [-0.05, 0) is 250 Å². The van der Waals surface area contributed by atoms with Crippen LogP contribution in [0.2, 0.25) is 0 Å². The zero-order valence-corrected chi connectivity index (χ0v) is 110. The molecule has 1 rings (SSSR count). The van der Waals surface area contributed by atoms with Gasteiger partial charge in [-0.15, -0.1) is 4.31 Å². The van der Waals surface area contributed by atoms with Gasteiger partial charge in [-0.2, -0.15) is 38.7 Å². The number of amides is 2. The zero-order valence-electron chi connectivity index (χ0n) is 105. The molecule has 1 aliphatic rings. The molecule has 0 spiro atoms. The average molecular weight is 2170 g/mol. The quantitative estimate of drug-likeness (QED) is 0.0505. The van der Waals surface area contributed by atoms with Crippen molar-refractivity contribution in [3.05, 3.63) is 0 Å². The van der Waals surface area contributed by atoms with E-state index in [1.165, 1.54) is 76.0 Å². The number of carbonyl (C=O) groups is 3. The van der Waals surface area contributed by atoms with Gasteiger partial charge in [0.05, 0.1) is 31.3 Å². The summed E-state index contributed by atoms with van der Waals surface area (Å²) in [6.45, 7) is 115. The molecule has 0 saturated heterocycles. The minimum absolute atomic E-state index is 0.0231. The van der Waals surface area contributed by atoms with Gasteiger partial charge < -0.3 is 25.5 Å². The van der Waals surface area contributed by atoms with Gasteiger partial charge in [-0.1, -0.05) is 263 Å². The van der Waals surface area contributed by atoms with Gasteiger partial charge in [0.1, 0.15) is 6.61 Å². The molecular weight excluding hydrogens is 1920 g/mol. The highest BCUT2D eigenvalue weighted by Crippen LogP contribution is 2.26. The molecule has 0 aromatic carbocycles. The summed E-state index contributed by atoms with van der Waals surface area (Å²) in [5, 5.41) is 18.3. The Morgan fingerprint density at radius 3 is 0.617 bits per heavy atom. The Labute approximate surface area is 883 Å². The van der Waals surface area contributed by atoms with Gasteiger partial charge in [0.2, 0.25) is 61.9 Å². The van der Waals surface area contributed by atoms with Crippen molar-refractivity contribution in [1.29, 1.82) is 0 Å². The lowest BCUT2D eigenvalue weighted by Crippen LogP contribution is -2.41. The van der Waals surface area contributed by atoms with Crippen molar-refractivity contribution in [3.8, 4) is 0 Å². The number of carbonyl (C=O) groups excluding carboxylic acids is 3. The number of aliphatic hydroxyl groups excluding tert-OH is 1. The molecule has 880 valence electrons. The number of nitrogens with one attached hydrogen (secondary N) is 2. The molecule has 0 atom stereocenters. The molecule has 27 nitrogen and oxygen atoms in total. The summed E-state index contributed by atoms with van der Waals surface area (Å²) in [5.41, 5.74) is 0. The lowest BCUT2D eigenvalue weighted by Gasteiger charge is -2.27. The van der Waals surface area contributed by atoms with Gasteiger partial charge in [0.25, 0.3) is 10.2 Å². The average Bonchev–Trinajstić information content (AvgIpc) is 1.83. The summed E-state index contributed by atoms with van der Waals surface area (Å²) in [7, 11) is -11.6. The minimum Gasteiger partial charge on any atom is -0.389 e. The Balaban J connectivity index is -0.0000000612. The summed E-state index contributed by atoms with van der Waals surface area (Å²) in [5.74, 6) is 8.89. The fourth-order valence-corrected chi connectivity index (χ4v) is 14.7. The maximum Gasteiger partial charge on any atom is 0.307 e. The van der Waals surface area contributed by atoms with Crippen molar-refractivity contribution in [2.45, 2.75) is 513 Å². The van der Waals surface area contributed by atoms with Gasteiger partial charge in [-0.3, -0.25) is 14.4 Å². The summed E-state index contributed by atoms with van der Waals surface area (Å²) >= 11 is 0. The lowest BCUT2D eigenvalue weighted by molar-refractivity contribution is -0.124. The second kappa shape index (κ2) is 112. The van der Waals surface area contributed by atoms with E-state index >= 15 is 0 Å². The Hall–Kier alpha value is -2.30. The normalized spacial score (nSPS) is 11.7. The van der Waals surface area contributed by atoms with E-state index in [1.807, 2.05) is 104 Å². The third-order valence-electron chi connectivity index (χ3n) is 13.7. The van der Waals surface area contributed by atoms with E-state index in [-0.39, 0.29) is 76.7 Å². The molecule has 0 aliphatic heterocycles. The Kier molecular flexibility index (Phi) is 148. The predicted molar refractivity (Wildman–Crippen MR) is 621 cm³/mol. The second-order valence-corrected chi connectivity index (χ2v) is 55.8. The van der Waals surface area contributed by atoms with Crippen LogP contribution < -0.4 is 15.8 Å². The third-order valence-corrected chi connectivity index (χ3v) is 22.2. The smallest absolute Gasteiger partial charge is 0.307 e. The van der Waals surface area contributed by atoms with Crippen LogP contribution in [0.3, 0.4) is 0 Å². The second-order valence-electron chi connectivity index (χ2n) is 44.7. The van der Waals surface area contributed by atoms with Crippen LogP contribution in [-0.2, 0) is 74.7 Å². The molecule has 1 fully saturated rings. The van der Waals surface area contributed by atoms with E-state index in [0.29, 0.717) is 38.0 Å². The first-order chi connectivity index (χ1) is 62.3. The number of hydrogen-bond acceptors (Lipinski definition) is 18. The first-order valence-electron chi connectivity index (χ1n) is 51.8. The molecule has 141 heavy (non-hydrogen) atoms. The van der Waals surface area contributed by atoms with Gasteiger partial charge in [-0.25, -0.2) is 51.6 Å². The molecule has 1 aliphatic carbocycles. The number of alkyl halides is 3. The predicted octanol–water partition coefficient (Wildman–Crippen LogP) is 25.6. The SMILES string of the molecule is CC(=O)NC(C)C.CC(C)C.CC(C)C.CC(C)C.CC(C)C.CC(C)C.CC(C)C.CC(C)C.CC(C)C.CC(C)C.CC(C)C(=O)CO.CC(C)N(C(C)C)S(C)(=O)=O.CC(C)N(C(F)F)S(C)(=O)=O.CC(C)N(C)C.CC(C)N(C)C1CC1.CC(C)N(CF)S(C)(=O)=O.CCC(C)C.CCCN(C(C)C)S(C)(=O)=O.CCCN(C(C)C)S(N)(=O)=O.CCN(C(C)C)S(C)(=O)=O.CNC(=O)CC(C)C. The number of rotatable bonds is 29. The Bertz CT molecular complexity index is 3060. The lowest BCUT2D eigenvalue weighted by atomic mass is 10.1. The number of sulfonamides is 5. The molecule has 0 unspecified atom stereocenters. The summed E-state index contributed by atoms with van der Waals surface area (Å²) in [6, 6.07) is 1.80. The molecule has 0 heterocycles. The molecule has 2 amide bonds. The van der Waals surface area contributed by atoms with Crippen molar-refractivity contribution in [3.63, 3.8) is 0 Å². The highest BCUT2D eigenvalue weighted by atomic mass is 32.2. The number of Topliss-reactive ketones (excluding diaryl/α,β-unsaturated/α-hetero) is 1. The fraction of sp³-hybridized carbons (Fsp3) is 0.971. The van der Waals surface area contributed by atoms with Crippen LogP contribution in [0.1, 0.15) is 440 Å². The maximum absolute atomic E-state index is 12.0. The van der Waals surface area contributed by atoms with Gasteiger partial charge in [0, 0.05) is 112 Å². The Morgan fingerprint density at radius 1 is 0.362 bits per heavy atom.